The van der Waals surface area contributed by atoms with Crippen LogP contribution in [0.2, 0.25) is 0 Å². The van der Waals surface area contributed by atoms with Crippen LogP contribution in [0, 0.1) is 6.92 Å². The highest BCUT2D eigenvalue weighted by Crippen LogP contribution is 2.31. The standard InChI is InChI=1S/C25H32N2O2/c1-20-6-5-9-24(18-20)29-19-25(28)27-16-14-26(15-17-27)23-12-10-22(11-13-23)21-7-3-2-4-8-21/h2-9,18,22-23H,10-17,19H2,1H3/p+1. The molecule has 1 heterocycles. The molecule has 2 aromatic carbocycles. The molecule has 0 aromatic heterocycles. The number of carbonyl (C=O) groups is 1. The lowest BCUT2D eigenvalue weighted by atomic mass is 9.81. The van der Waals surface area contributed by atoms with Crippen molar-refractivity contribution in [2.24, 2.45) is 0 Å². The van der Waals surface area contributed by atoms with Crippen molar-refractivity contribution in [1.29, 1.82) is 0 Å². The van der Waals surface area contributed by atoms with Crippen molar-refractivity contribution >= 4 is 5.91 Å². The van der Waals surface area contributed by atoms with E-state index in [0.29, 0.717) is 0 Å². The number of benzene rings is 2. The third kappa shape index (κ3) is 5.18. The van der Waals surface area contributed by atoms with Gasteiger partial charge in [0.2, 0.25) is 0 Å². The minimum absolute atomic E-state index is 0.110. The number of hydrogen-bond donors (Lipinski definition) is 1. The molecule has 1 aliphatic heterocycles. The number of ether oxygens (including phenoxy) is 1. The summed E-state index contributed by atoms with van der Waals surface area (Å²) in [4.78, 5) is 16.2. The van der Waals surface area contributed by atoms with Crippen molar-refractivity contribution < 1.29 is 14.4 Å². The maximum Gasteiger partial charge on any atom is 0.260 e. The molecular weight excluding hydrogens is 360 g/mol. The molecule has 2 aromatic rings. The van der Waals surface area contributed by atoms with E-state index in [0.717, 1.165) is 49.5 Å². The van der Waals surface area contributed by atoms with Crippen LogP contribution in [-0.2, 0) is 4.79 Å². The average Bonchev–Trinajstić information content (AvgIpc) is 2.78. The van der Waals surface area contributed by atoms with Gasteiger partial charge in [-0.25, -0.2) is 0 Å². The number of quaternary nitrogens is 1. The van der Waals surface area contributed by atoms with Gasteiger partial charge in [-0.2, -0.15) is 0 Å². The molecule has 1 N–H and O–H groups in total. The molecule has 0 radical (unpaired) electrons. The molecule has 2 aliphatic rings. The highest BCUT2D eigenvalue weighted by atomic mass is 16.5. The molecule has 4 heteroatoms. The zero-order chi connectivity index (χ0) is 20.1. The molecule has 1 saturated heterocycles. The minimum Gasteiger partial charge on any atom is -0.484 e. The van der Waals surface area contributed by atoms with Gasteiger partial charge in [0.05, 0.1) is 32.2 Å². The molecule has 1 saturated carbocycles. The molecule has 1 amide bonds. The van der Waals surface area contributed by atoms with E-state index in [2.05, 4.69) is 30.3 Å². The largest absolute Gasteiger partial charge is 0.484 e. The first-order chi connectivity index (χ1) is 14.2. The number of rotatable bonds is 5. The van der Waals surface area contributed by atoms with Gasteiger partial charge in [-0.1, -0.05) is 42.5 Å². The molecule has 0 spiro atoms. The van der Waals surface area contributed by atoms with Crippen molar-refractivity contribution in [3.63, 3.8) is 0 Å². The Morgan fingerprint density at radius 1 is 1.00 bits per heavy atom. The van der Waals surface area contributed by atoms with Crippen molar-refractivity contribution in [1.82, 2.24) is 4.90 Å². The Hall–Kier alpha value is -2.33. The Morgan fingerprint density at radius 3 is 2.41 bits per heavy atom. The first kappa shape index (κ1) is 20.0. The van der Waals surface area contributed by atoms with Crippen LogP contribution in [0.5, 0.6) is 5.75 Å². The van der Waals surface area contributed by atoms with E-state index in [4.69, 9.17) is 4.74 Å². The van der Waals surface area contributed by atoms with Gasteiger partial charge >= 0.3 is 0 Å². The van der Waals surface area contributed by atoms with Gasteiger partial charge in [-0.3, -0.25) is 4.79 Å². The Kier molecular flexibility index (Phi) is 6.50. The van der Waals surface area contributed by atoms with Gasteiger partial charge in [-0.05, 0) is 61.8 Å². The lowest BCUT2D eigenvalue weighted by Crippen LogP contribution is -3.18. The van der Waals surface area contributed by atoms with Gasteiger partial charge in [-0.15, -0.1) is 0 Å². The Labute approximate surface area is 174 Å². The van der Waals surface area contributed by atoms with E-state index >= 15 is 0 Å². The molecule has 2 fully saturated rings. The second kappa shape index (κ2) is 9.45. The highest BCUT2D eigenvalue weighted by molar-refractivity contribution is 5.77. The highest BCUT2D eigenvalue weighted by Gasteiger charge is 2.32. The van der Waals surface area contributed by atoms with Gasteiger partial charge in [0.1, 0.15) is 5.75 Å². The van der Waals surface area contributed by atoms with E-state index in [-0.39, 0.29) is 12.5 Å². The summed E-state index contributed by atoms with van der Waals surface area (Å²) >= 11 is 0. The number of carbonyl (C=O) groups excluding carboxylic acids is 1. The average molecular weight is 394 g/mol. The molecular formula is C25H33N2O2+. The maximum atomic E-state index is 12.5. The van der Waals surface area contributed by atoms with E-state index in [1.165, 1.54) is 31.2 Å². The first-order valence-electron chi connectivity index (χ1n) is 11.1. The van der Waals surface area contributed by atoms with E-state index in [9.17, 15) is 4.79 Å². The summed E-state index contributed by atoms with van der Waals surface area (Å²) in [6, 6.07) is 19.6. The zero-order valence-electron chi connectivity index (χ0n) is 17.5. The monoisotopic (exact) mass is 393 g/mol. The fourth-order valence-corrected chi connectivity index (χ4v) is 4.95. The summed E-state index contributed by atoms with van der Waals surface area (Å²) in [5.41, 5.74) is 2.65. The van der Waals surface area contributed by atoms with Crippen molar-refractivity contribution in [2.45, 2.75) is 44.6 Å². The minimum atomic E-state index is 0.110. The fraction of sp³-hybridized carbons (Fsp3) is 0.480. The topological polar surface area (TPSA) is 34.0 Å². The quantitative estimate of drug-likeness (QED) is 0.848. The summed E-state index contributed by atoms with van der Waals surface area (Å²) in [5.74, 6) is 1.62. The van der Waals surface area contributed by atoms with Crippen LogP contribution in [0.25, 0.3) is 0 Å². The predicted octanol–water partition coefficient (Wildman–Crippen LogP) is 2.83. The molecule has 4 rings (SSSR count). The van der Waals surface area contributed by atoms with Crippen LogP contribution in [0.3, 0.4) is 0 Å². The molecule has 0 bridgehead atoms. The second-order valence-corrected chi connectivity index (χ2v) is 8.60. The van der Waals surface area contributed by atoms with Crippen LogP contribution < -0.4 is 9.64 Å². The summed E-state index contributed by atoms with van der Waals surface area (Å²) in [7, 11) is 0. The number of nitrogens with one attached hydrogen (secondary N) is 1. The first-order valence-corrected chi connectivity index (χ1v) is 11.1. The van der Waals surface area contributed by atoms with Gasteiger partial charge < -0.3 is 14.5 Å². The normalized spacial score (nSPS) is 23.0. The predicted molar refractivity (Wildman–Crippen MR) is 115 cm³/mol. The Morgan fingerprint density at radius 2 is 1.72 bits per heavy atom. The molecule has 0 unspecified atom stereocenters. The van der Waals surface area contributed by atoms with Gasteiger partial charge in [0.25, 0.3) is 5.91 Å². The van der Waals surface area contributed by atoms with Gasteiger partial charge in [0.15, 0.2) is 6.61 Å². The van der Waals surface area contributed by atoms with Crippen LogP contribution >= 0.6 is 0 Å². The number of hydrogen-bond acceptors (Lipinski definition) is 2. The van der Waals surface area contributed by atoms with Gasteiger partial charge in [0, 0.05) is 0 Å². The smallest absolute Gasteiger partial charge is 0.260 e. The van der Waals surface area contributed by atoms with Crippen LogP contribution in [0.4, 0.5) is 0 Å². The van der Waals surface area contributed by atoms with E-state index in [1.54, 1.807) is 4.90 Å². The number of nitrogens with zero attached hydrogens (tertiary/aromatic N) is 1. The van der Waals surface area contributed by atoms with Crippen molar-refractivity contribution in [3.05, 3.63) is 65.7 Å². The molecule has 29 heavy (non-hydrogen) atoms. The number of piperazine rings is 1. The third-order valence-corrected chi connectivity index (χ3v) is 6.69. The fourth-order valence-electron chi connectivity index (χ4n) is 4.95. The summed E-state index contributed by atoms with van der Waals surface area (Å²) < 4.78 is 5.70. The Balaban J connectivity index is 1.20. The molecule has 154 valence electrons. The third-order valence-electron chi connectivity index (χ3n) is 6.69. The van der Waals surface area contributed by atoms with Crippen molar-refractivity contribution in [2.75, 3.05) is 32.8 Å². The van der Waals surface area contributed by atoms with Crippen LogP contribution in [0.1, 0.15) is 42.7 Å². The summed E-state index contributed by atoms with van der Waals surface area (Å²) in [6.07, 6.45) is 5.20. The summed E-state index contributed by atoms with van der Waals surface area (Å²) in [5, 5.41) is 0. The summed E-state index contributed by atoms with van der Waals surface area (Å²) in [6.45, 7) is 6.01. The van der Waals surface area contributed by atoms with Crippen LogP contribution in [-0.4, -0.2) is 49.6 Å². The maximum absolute atomic E-state index is 12.5. The zero-order valence-corrected chi connectivity index (χ0v) is 17.5. The molecule has 0 atom stereocenters. The second-order valence-electron chi connectivity index (χ2n) is 8.60. The van der Waals surface area contributed by atoms with E-state index in [1.807, 2.05) is 36.1 Å². The van der Waals surface area contributed by atoms with E-state index < -0.39 is 0 Å². The molecule has 1 aliphatic carbocycles. The lowest BCUT2D eigenvalue weighted by Gasteiger charge is -2.39. The SMILES string of the molecule is Cc1cccc(OCC(=O)N2CC[NH+](C3CCC(c4ccccc4)CC3)CC2)c1. The Bertz CT molecular complexity index is 791. The number of aryl methyl sites for hydroxylation is 1. The van der Waals surface area contributed by atoms with Crippen LogP contribution in [0.15, 0.2) is 54.6 Å². The number of amides is 1. The lowest BCUT2D eigenvalue weighted by molar-refractivity contribution is -0.930. The molecule has 4 nitrogen and oxygen atoms in total. The van der Waals surface area contributed by atoms with Crippen molar-refractivity contribution in [3.8, 4) is 5.75 Å².